The van der Waals surface area contributed by atoms with Crippen molar-refractivity contribution in [1.29, 1.82) is 0 Å². The van der Waals surface area contributed by atoms with Crippen LogP contribution in [-0.2, 0) is 0 Å². The van der Waals surface area contributed by atoms with Gasteiger partial charge in [-0.05, 0) is 25.7 Å². The molecule has 0 saturated carbocycles. The van der Waals surface area contributed by atoms with E-state index in [1.807, 2.05) is 11.8 Å². The Bertz CT molecular complexity index is 196. The van der Waals surface area contributed by atoms with Crippen LogP contribution in [0.5, 0.6) is 0 Å². The molecule has 4 heteroatoms. The van der Waals surface area contributed by atoms with Gasteiger partial charge in [-0.1, -0.05) is 0 Å². The van der Waals surface area contributed by atoms with Gasteiger partial charge in [0.1, 0.15) is 0 Å². The van der Waals surface area contributed by atoms with Crippen molar-refractivity contribution in [2.75, 3.05) is 27.2 Å². The van der Waals surface area contributed by atoms with Crippen molar-refractivity contribution < 1.29 is 9.90 Å². The summed E-state index contributed by atoms with van der Waals surface area (Å²) in [5.74, 6) is 0.362. The molecule has 1 atom stereocenters. The molecule has 82 valence electrons. The Morgan fingerprint density at radius 2 is 1.93 bits per heavy atom. The maximum Gasteiger partial charge on any atom is 0.319 e. The zero-order valence-electron chi connectivity index (χ0n) is 9.23. The Morgan fingerprint density at radius 3 is 2.29 bits per heavy atom. The maximum absolute atomic E-state index is 11.6. The number of carbonyl (C=O) groups excluding carboxylic acids is 1. The minimum atomic E-state index is -0.244. The molecule has 1 N–H and O–H groups in total. The average Bonchev–Trinajstić information content (AvgIpc) is 2.16. The van der Waals surface area contributed by atoms with Gasteiger partial charge in [-0.15, -0.1) is 0 Å². The molecular formula is C10H20N2O2. The van der Waals surface area contributed by atoms with E-state index in [0.29, 0.717) is 5.92 Å². The van der Waals surface area contributed by atoms with E-state index in [4.69, 9.17) is 0 Å². The van der Waals surface area contributed by atoms with Gasteiger partial charge in [-0.3, -0.25) is 0 Å². The fraction of sp³-hybridized carbons (Fsp3) is 0.900. The Balaban J connectivity index is 2.39. The molecular weight excluding hydrogens is 180 g/mol. The minimum Gasteiger partial charge on any atom is -0.393 e. The third-order valence-corrected chi connectivity index (χ3v) is 2.87. The van der Waals surface area contributed by atoms with Gasteiger partial charge in [-0.2, -0.15) is 0 Å². The molecule has 1 fully saturated rings. The van der Waals surface area contributed by atoms with Gasteiger partial charge in [0.2, 0.25) is 0 Å². The van der Waals surface area contributed by atoms with E-state index in [1.54, 1.807) is 19.0 Å². The molecule has 2 amide bonds. The molecule has 0 radical (unpaired) electrons. The van der Waals surface area contributed by atoms with Crippen molar-refractivity contribution in [3.05, 3.63) is 0 Å². The second-order valence-electron chi connectivity index (χ2n) is 4.24. The van der Waals surface area contributed by atoms with Crippen molar-refractivity contribution in [3.8, 4) is 0 Å². The number of hydrogen-bond acceptors (Lipinski definition) is 2. The molecule has 0 aliphatic carbocycles. The van der Waals surface area contributed by atoms with Crippen LogP contribution in [0.25, 0.3) is 0 Å². The third-order valence-electron chi connectivity index (χ3n) is 2.87. The molecule has 1 aliphatic rings. The zero-order chi connectivity index (χ0) is 10.7. The van der Waals surface area contributed by atoms with Crippen molar-refractivity contribution in [1.82, 2.24) is 9.80 Å². The summed E-state index contributed by atoms with van der Waals surface area (Å²) in [5.41, 5.74) is 0. The zero-order valence-corrected chi connectivity index (χ0v) is 9.23. The molecule has 14 heavy (non-hydrogen) atoms. The summed E-state index contributed by atoms with van der Waals surface area (Å²) in [4.78, 5) is 15.0. The Kier molecular flexibility index (Phi) is 3.75. The SMILES string of the molecule is CC(O)C1CCN(C(=O)N(C)C)CC1. The van der Waals surface area contributed by atoms with Crippen LogP contribution in [0.15, 0.2) is 0 Å². The van der Waals surface area contributed by atoms with Crippen molar-refractivity contribution in [2.24, 2.45) is 5.92 Å². The third kappa shape index (κ3) is 2.61. The first kappa shape index (κ1) is 11.3. The molecule has 0 aromatic heterocycles. The summed E-state index contributed by atoms with van der Waals surface area (Å²) in [7, 11) is 3.53. The number of aliphatic hydroxyl groups excluding tert-OH is 1. The van der Waals surface area contributed by atoms with Gasteiger partial charge >= 0.3 is 6.03 Å². The molecule has 4 nitrogen and oxygen atoms in total. The number of amides is 2. The molecule has 1 saturated heterocycles. The number of carbonyl (C=O) groups is 1. The summed E-state index contributed by atoms with van der Waals surface area (Å²) >= 11 is 0. The first-order valence-corrected chi connectivity index (χ1v) is 5.16. The molecule has 1 aliphatic heterocycles. The summed E-state index contributed by atoms with van der Waals surface area (Å²) in [5, 5.41) is 9.40. The van der Waals surface area contributed by atoms with E-state index in [2.05, 4.69) is 0 Å². The molecule has 0 bridgehead atoms. The van der Waals surface area contributed by atoms with Crippen LogP contribution in [0.2, 0.25) is 0 Å². The van der Waals surface area contributed by atoms with Gasteiger partial charge < -0.3 is 14.9 Å². The lowest BCUT2D eigenvalue weighted by molar-refractivity contribution is 0.0752. The topological polar surface area (TPSA) is 43.8 Å². The number of hydrogen-bond donors (Lipinski definition) is 1. The normalized spacial score (nSPS) is 20.7. The average molecular weight is 200 g/mol. The van der Waals surface area contributed by atoms with Crippen molar-refractivity contribution in [3.63, 3.8) is 0 Å². The molecule has 1 rings (SSSR count). The Labute approximate surface area is 85.5 Å². The van der Waals surface area contributed by atoms with Crippen LogP contribution >= 0.6 is 0 Å². The summed E-state index contributed by atoms with van der Waals surface area (Å²) < 4.78 is 0. The molecule has 1 heterocycles. The van der Waals surface area contributed by atoms with E-state index < -0.39 is 0 Å². The Hall–Kier alpha value is -0.770. The van der Waals surface area contributed by atoms with E-state index in [0.717, 1.165) is 25.9 Å². The standard InChI is InChI=1S/C10H20N2O2/c1-8(13)9-4-6-12(7-5-9)10(14)11(2)3/h8-9,13H,4-7H2,1-3H3. The highest BCUT2D eigenvalue weighted by Gasteiger charge is 2.25. The lowest BCUT2D eigenvalue weighted by Crippen LogP contribution is -2.45. The monoisotopic (exact) mass is 200 g/mol. The maximum atomic E-state index is 11.6. The number of urea groups is 1. The number of piperidine rings is 1. The van der Waals surface area contributed by atoms with Crippen molar-refractivity contribution >= 4 is 6.03 Å². The Morgan fingerprint density at radius 1 is 1.43 bits per heavy atom. The smallest absolute Gasteiger partial charge is 0.319 e. The van der Waals surface area contributed by atoms with Crippen LogP contribution in [0.1, 0.15) is 19.8 Å². The van der Waals surface area contributed by atoms with Gasteiger partial charge in [0.15, 0.2) is 0 Å². The summed E-state index contributed by atoms with van der Waals surface area (Å²) in [6.45, 7) is 3.37. The largest absolute Gasteiger partial charge is 0.393 e. The van der Waals surface area contributed by atoms with Crippen LogP contribution in [0.4, 0.5) is 4.79 Å². The van der Waals surface area contributed by atoms with E-state index in [-0.39, 0.29) is 12.1 Å². The van der Waals surface area contributed by atoms with Gasteiger partial charge in [0.25, 0.3) is 0 Å². The number of nitrogens with zero attached hydrogens (tertiary/aromatic N) is 2. The first-order valence-electron chi connectivity index (χ1n) is 5.16. The van der Waals surface area contributed by atoms with Gasteiger partial charge in [0.05, 0.1) is 6.10 Å². The molecule has 1 unspecified atom stereocenters. The predicted octanol–water partition coefficient (Wildman–Crippen LogP) is 0.761. The molecule has 0 spiro atoms. The summed E-state index contributed by atoms with van der Waals surface area (Å²) in [6, 6.07) is 0.0778. The van der Waals surface area contributed by atoms with Crippen LogP contribution in [0.3, 0.4) is 0 Å². The minimum absolute atomic E-state index is 0.0778. The number of rotatable bonds is 1. The lowest BCUT2D eigenvalue weighted by Gasteiger charge is -2.34. The second kappa shape index (κ2) is 4.64. The summed E-state index contributed by atoms with van der Waals surface area (Å²) in [6.07, 6.45) is 1.58. The van der Waals surface area contributed by atoms with Crippen LogP contribution in [0, 0.1) is 5.92 Å². The number of aliphatic hydroxyl groups is 1. The molecule has 0 aromatic carbocycles. The highest BCUT2D eigenvalue weighted by Crippen LogP contribution is 2.20. The second-order valence-corrected chi connectivity index (χ2v) is 4.24. The molecule has 0 aromatic rings. The van der Waals surface area contributed by atoms with Crippen LogP contribution in [-0.4, -0.2) is 54.2 Å². The van der Waals surface area contributed by atoms with E-state index in [9.17, 15) is 9.90 Å². The predicted molar refractivity (Wildman–Crippen MR) is 55.1 cm³/mol. The lowest BCUT2D eigenvalue weighted by atomic mass is 9.92. The van der Waals surface area contributed by atoms with Crippen LogP contribution < -0.4 is 0 Å². The number of likely N-dealkylation sites (tertiary alicyclic amines) is 1. The highest BCUT2D eigenvalue weighted by molar-refractivity contribution is 5.73. The quantitative estimate of drug-likeness (QED) is 0.679. The van der Waals surface area contributed by atoms with Crippen molar-refractivity contribution in [2.45, 2.75) is 25.9 Å². The first-order chi connectivity index (χ1) is 6.52. The van der Waals surface area contributed by atoms with E-state index in [1.165, 1.54) is 0 Å². The fourth-order valence-corrected chi connectivity index (χ4v) is 1.86. The highest BCUT2D eigenvalue weighted by atomic mass is 16.3. The van der Waals surface area contributed by atoms with Gasteiger partial charge in [-0.25, -0.2) is 4.79 Å². The fourth-order valence-electron chi connectivity index (χ4n) is 1.86. The van der Waals surface area contributed by atoms with E-state index >= 15 is 0 Å². The van der Waals surface area contributed by atoms with Gasteiger partial charge in [0, 0.05) is 27.2 Å².